The first-order valence-electron chi connectivity index (χ1n) is 13.6. The predicted molar refractivity (Wildman–Crippen MR) is 139 cm³/mol. The summed E-state index contributed by atoms with van der Waals surface area (Å²) in [7, 11) is 1.74. The molecule has 0 aromatic heterocycles. The zero-order valence-corrected chi connectivity index (χ0v) is 23.7. The minimum atomic E-state index is -1.18. The van der Waals surface area contributed by atoms with Crippen LogP contribution in [-0.4, -0.2) is 37.9 Å². The van der Waals surface area contributed by atoms with Crippen LogP contribution >= 0.6 is 0 Å². The van der Waals surface area contributed by atoms with Crippen molar-refractivity contribution in [2.45, 2.75) is 103 Å². The van der Waals surface area contributed by atoms with Crippen molar-refractivity contribution in [1.29, 1.82) is 0 Å². The molecule has 5 atom stereocenters. The number of fused-ring (bicyclic) bond motifs is 3. The molecule has 3 aliphatic carbocycles. The summed E-state index contributed by atoms with van der Waals surface area (Å²) >= 11 is 0. The largest absolute Gasteiger partial charge is 0.462 e. The van der Waals surface area contributed by atoms with Crippen LogP contribution in [0.1, 0.15) is 97.8 Å². The molecule has 1 saturated heterocycles. The number of rotatable bonds is 6. The van der Waals surface area contributed by atoms with Crippen LogP contribution in [0.2, 0.25) is 0 Å². The van der Waals surface area contributed by atoms with E-state index < -0.39 is 16.4 Å². The highest BCUT2D eigenvalue weighted by Crippen LogP contribution is 2.66. The van der Waals surface area contributed by atoms with E-state index >= 15 is 0 Å². The van der Waals surface area contributed by atoms with Crippen molar-refractivity contribution in [3.63, 3.8) is 0 Å². The fourth-order valence-electron chi connectivity index (χ4n) is 7.79. The normalized spacial score (nSPS) is 38.9. The Morgan fingerprint density at radius 2 is 1.50 bits per heavy atom. The molecule has 5 nitrogen and oxygen atoms in total. The maximum Gasteiger partial charge on any atom is 0.351 e. The highest BCUT2D eigenvalue weighted by molar-refractivity contribution is 5.93. The number of esters is 2. The zero-order valence-electron chi connectivity index (χ0n) is 23.7. The summed E-state index contributed by atoms with van der Waals surface area (Å²) in [6, 6.07) is 7.04. The van der Waals surface area contributed by atoms with Crippen molar-refractivity contribution in [1.82, 2.24) is 0 Å². The molecule has 2 saturated carbocycles. The van der Waals surface area contributed by atoms with Gasteiger partial charge in [-0.25, -0.2) is 4.79 Å². The number of carbonyl (C=O) groups excluding carboxylic acids is 2. The summed E-state index contributed by atoms with van der Waals surface area (Å²) in [5.41, 5.74) is 1.97. The van der Waals surface area contributed by atoms with Crippen LogP contribution in [0.25, 0.3) is 0 Å². The molecule has 3 fully saturated rings. The van der Waals surface area contributed by atoms with Gasteiger partial charge in [-0.1, -0.05) is 66.7 Å². The Hall–Kier alpha value is -1.88. The lowest BCUT2D eigenvalue weighted by molar-refractivity contribution is -0.183. The van der Waals surface area contributed by atoms with Gasteiger partial charge in [0, 0.05) is 23.9 Å². The molecule has 0 N–H and O–H groups in total. The van der Waals surface area contributed by atoms with Gasteiger partial charge in [0.25, 0.3) is 0 Å². The summed E-state index contributed by atoms with van der Waals surface area (Å²) in [4.78, 5) is 26.1. The molecule has 1 aromatic rings. The Morgan fingerprint density at radius 1 is 0.889 bits per heavy atom. The highest BCUT2D eigenvalue weighted by atomic mass is 16.6. The number of carbonyl (C=O) groups is 2. The van der Waals surface area contributed by atoms with Gasteiger partial charge in [-0.15, -0.1) is 0 Å². The van der Waals surface area contributed by atoms with Crippen LogP contribution in [-0.2, 0) is 40.0 Å². The van der Waals surface area contributed by atoms with E-state index in [9.17, 15) is 9.59 Å². The third-order valence-electron chi connectivity index (χ3n) is 11.5. The average molecular weight is 497 g/mol. The van der Waals surface area contributed by atoms with Crippen LogP contribution in [0, 0.1) is 22.7 Å². The number of ether oxygens (including phenoxy) is 3. The Bertz CT molecular complexity index is 1120. The van der Waals surface area contributed by atoms with E-state index in [0.717, 1.165) is 0 Å². The van der Waals surface area contributed by atoms with E-state index in [-0.39, 0.29) is 40.0 Å². The Labute approximate surface area is 216 Å². The SMILES string of the molecule is COCC1[C@H](COC(=O)C23CCC(C)(C(=O)O2)C3(C)C)C1(C)c1ccc2c(c1)C(C)(C)CCC2(C)C. The fourth-order valence-corrected chi connectivity index (χ4v) is 7.79. The predicted octanol–water partition coefficient (Wildman–Crippen LogP) is 5.85. The molecule has 1 heterocycles. The molecule has 5 rings (SSSR count). The second-order valence-corrected chi connectivity index (χ2v) is 14.3. The number of hydrogen-bond acceptors (Lipinski definition) is 5. The molecule has 4 unspecified atom stereocenters. The van der Waals surface area contributed by atoms with Crippen LogP contribution in [0.4, 0.5) is 0 Å². The lowest BCUT2D eigenvalue weighted by atomic mass is 9.62. The molecule has 2 bridgehead atoms. The van der Waals surface area contributed by atoms with Gasteiger partial charge in [-0.05, 0) is 66.0 Å². The number of hydrogen-bond donors (Lipinski definition) is 0. The lowest BCUT2D eigenvalue weighted by Gasteiger charge is -2.42. The van der Waals surface area contributed by atoms with Gasteiger partial charge in [0.15, 0.2) is 0 Å². The Morgan fingerprint density at radius 3 is 2.06 bits per heavy atom. The van der Waals surface area contributed by atoms with Crippen LogP contribution in [0.5, 0.6) is 0 Å². The first kappa shape index (κ1) is 25.8. The van der Waals surface area contributed by atoms with Crippen molar-refractivity contribution in [2.24, 2.45) is 22.7 Å². The molecule has 1 aliphatic heterocycles. The first-order chi connectivity index (χ1) is 16.6. The summed E-state index contributed by atoms with van der Waals surface area (Å²) in [5.74, 6) is -0.244. The third-order valence-corrected chi connectivity index (χ3v) is 11.5. The van der Waals surface area contributed by atoms with E-state index in [0.29, 0.717) is 26.1 Å². The summed E-state index contributed by atoms with van der Waals surface area (Å²) in [6.07, 6.45) is 3.55. The topological polar surface area (TPSA) is 61.8 Å². The van der Waals surface area contributed by atoms with Crippen LogP contribution in [0.15, 0.2) is 18.2 Å². The van der Waals surface area contributed by atoms with E-state index in [4.69, 9.17) is 14.2 Å². The van der Waals surface area contributed by atoms with Gasteiger partial charge in [-0.3, -0.25) is 4.79 Å². The summed E-state index contributed by atoms with van der Waals surface area (Å²) < 4.78 is 17.4. The Kier molecular flexibility index (Phi) is 5.43. The molecular weight excluding hydrogens is 452 g/mol. The third kappa shape index (κ3) is 3.10. The molecule has 198 valence electrons. The summed E-state index contributed by atoms with van der Waals surface area (Å²) in [5, 5.41) is 0. The van der Waals surface area contributed by atoms with Crippen molar-refractivity contribution in [3.05, 3.63) is 34.9 Å². The van der Waals surface area contributed by atoms with Crippen LogP contribution < -0.4 is 0 Å². The van der Waals surface area contributed by atoms with Gasteiger partial charge in [0.05, 0.1) is 18.6 Å². The van der Waals surface area contributed by atoms with Gasteiger partial charge < -0.3 is 14.2 Å². The monoisotopic (exact) mass is 496 g/mol. The maximum absolute atomic E-state index is 13.5. The smallest absolute Gasteiger partial charge is 0.351 e. The first-order valence-corrected chi connectivity index (χ1v) is 13.6. The second-order valence-electron chi connectivity index (χ2n) is 14.3. The van der Waals surface area contributed by atoms with Crippen LogP contribution in [0.3, 0.4) is 0 Å². The molecule has 0 spiro atoms. The van der Waals surface area contributed by atoms with Crippen molar-refractivity contribution < 1.29 is 23.8 Å². The standard InChI is InChI=1S/C31H44O5/c1-26(2)12-13-27(3,4)21-16-19(10-11-20(21)26)30(8)22(17-34-9)23(30)18-35-25(33)31-15-14-29(7,24(32)36-31)28(31,5)6/h10-11,16,22-23H,12-15,17-18H2,1-9H3/t22?,23-,29?,30?,31?/m0/s1. The molecule has 36 heavy (non-hydrogen) atoms. The quantitative estimate of drug-likeness (QED) is 0.462. The minimum Gasteiger partial charge on any atom is -0.462 e. The molecule has 5 heteroatoms. The van der Waals surface area contributed by atoms with Gasteiger partial charge >= 0.3 is 11.9 Å². The van der Waals surface area contributed by atoms with Crippen molar-refractivity contribution in [3.8, 4) is 0 Å². The molecule has 0 radical (unpaired) electrons. The fraction of sp³-hybridized carbons (Fsp3) is 0.742. The second kappa shape index (κ2) is 7.58. The van der Waals surface area contributed by atoms with Gasteiger partial charge in [0.2, 0.25) is 5.60 Å². The summed E-state index contributed by atoms with van der Waals surface area (Å²) in [6.45, 7) is 18.5. The van der Waals surface area contributed by atoms with Crippen molar-refractivity contribution >= 4 is 11.9 Å². The van der Waals surface area contributed by atoms with Crippen molar-refractivity contribution in [2.75, 3.05) is 20.3 Å². The van der Waals surface area contributed by atoms with E-state index in [2.05, 4.69) is 52.8 Å². The molecular formula is C31H44O5. The highest BCUT2D eigenvalue weighted by Gasteiger charge is 2.76. The minimum absolute atomic E-state index is 0.132. The zero-order chi connectivity index (χ0) is 26.5. The number of methoxy groups -OCH3 is 1. The average Bonchev–Trinajstić information content (AvgIpc) is 3.27. The van der Waals surface area contributed by atoms with Gasteiger partial charge in [0.1, 0.15) is 0 Å². The van der Waals surface area contributed by atoms with E-state index in [1.807, 2.05) is 20.8 Å². The van der Waals surface area contributed by atoms with E-state index in [1.165, 1.54) is 29.5 Å². The molecule has 0 amide bonds. The molecule has 1 aromatic carbocycles. The Balaban J connectivity index is 1.40. The maximum atomic E-state index is 13.5. The lowest BCUT2D eigenvalue weighted by Crippen LogP contribution is -2.49. The number of benzene rings is 1. The molecule has 4 aliphatic rings. The van der Waals surface area contributed by atoms with Gasteiger partial charge in [-0.2, -0.15) is 0 Å². The van der Waals surface area contributed by atoms with E-state index in [1.54, 1.807) is 7.11 Å².